The van der Waals surface area contributed by atoms with Gasteiger partial charge in [-0.25, -0.2) is 0 Å². The maximum absolute atomic E-state index is 9.98. The number of rotatable bonds is 3. The van der Waals surface area contributed by atoms with Crippen molar-refractivity contribution in [1.29, 1.82) is 0 Å². The van der Waals surface area contributed by atoms with Gasteiger partial charge in [0.05, 0.1) is 24.0 Å². The van der Waals surface area contributed by atoms with Gasteiger partial charge >= 0.3 is 0 Å². The normalized spacial score (nSPS) is 25.1. The highest BCUT2D eigenvalue weighted by Gasteiger charge is 2.26. The minimum atomic E-state index is -0.216. The highest BCUT2D eigenvalue weighted by Crippen LogP contribution is 2.20. The molecule has 1 N–H and O–H groups in total. The summed E-state index contributed by atoms with van der Waals surface area (Å²) in [7, 11) is 0. The third-order valence-electron chi connectivity index (χ3n) is 3.05. The third kappa shape index (κ3) is 4.12. The van der Waals surface area contributed by atoms with Gasteiger partial charge in [-0.15, -0.1) is 0 Å². The van der Waals surface area contributed by atoms with E-state index in [1.165, 1.54) is 12.8 Å². The van der Waals surface area contributed by atoms with Gasteiger partial charge in [0.2, 0.25) is 0 Å². The highest BCUT2D eigenvalue weighted by atomic mass is 16.3. The maximum atomic E-state index is 9.98. The van der Waals surface area contributed by atoms with Crippen molar-refractivity contribution in [3.8, 4) is 0 Å². The van der Waals surface area contributed by atoms with Gasteiger partial charge in [-0.2, -0.15) is 0 Å². The van der Waals surface area contributed by atoms with E-state index in [0.29, 0.717) is 0 Å². The lowest BCUT2D eigenvalue weighted by Gasteiger charge is -2.37. The van der Waals surface area contributed by atoms with Crippen molar-refractivity contribution in [2.75, 3.05) is 6.54 Å². The minimum Gasteiger partial charge on any atom is -0.391 e. The molecular weight excluding hydrogens is 200 g/mol. The summed E-state index contributed by atoms with van der Waals surface area (Å²) in [6.07, 6.45) is 6.08. The number of aliphatic hydroxyl groups is 1. The molecule has 0 saturated carbocycles. The first-order valence-electron chi connectivity index (χ1n) is 6.43. The molecule has 0 aromatic rings. The number of piperidine rings is 1. The second-order valence-electron chi connectivity index (χ2n) is 5.69. The minimum absolute atomic E-state index is 0.0286. The standard InChI is InChI=1S/C13H26N2O/c1-5-12(16)11-8-6-7-9-15(11)10-14-13(2,3)4/h10-12,16H,5-9H2,1-4H3. The predicted molar refractivity (Wildman–Crippen MR) is 68.9 cm³/mol. The maximum Gasteiger partial charge on any atom is 0.0859 e. The fourth-order valence-electron chi connectivity index (χ4n) is 2.06. The Balaban J connectivity index is 2.64. The Hall–Kier alpha value is -0.570. The lowest BCUT2D eigenvalue weighted by molar-refractivity contribution is 0.0627. The van der Waals surface area contributed by atoms with E-state index in [1.54, 1.807) is 0 Å². The summed E-state index contributed by atoms with van der Waals surface area (Å²) in [6.45, 7) is 9.36. The van der Waals surface area contributed by atoms with Crippen LogP contribution in [0.3, 0.4) is 0 Å². The summed E-state index contributed by atoms with van der Waals surface area (Å²) in [4.78, 5) is 6.76. The molecule has 1 aliphatic rings. The van der Waals surface area contributed by atoms with Crippen LogP contribution in [0.5, 0.6) is 0 Å². The fraction of sp³-hybridized carbons (Fsp3) is 0.923. The molecule has 94 valence electrons. The summed E-state index contributed by atoms with van der Waals surface area (Å²) in [5.74, 6) is 0. The van der Waals surface area contributed by atoms with Crippen LogP contribution in [0.15, 0.2) is 4.99 Å². The van der Waals surface area contributed by atoms with Gasteiger partial charge in [-0.05, 0) is 46.5 Å². The molecule has 0 aliphatic carbocycles. The van der Waals surface area contributed by atoms with Crippen LogP contribution in [0, 0.1) is 0 Å². The molecule has 1 fully saturated rings. The lowest BCUT2D eigenvalue weighted by atomic mass is 9.96. The molecule has 1 rings (SSSR count). The Morgan fingerprint density at radius 2 is 2.12 bits per heavy atom. The molecule has 2 unspecified atom stereocenters. The van der Waals surface area contributed by atoms with E-state index in [4.69, 9.17) is 0 Å². The molecule has 1 heterocycles. The van der Waals surface area contributed by atoms with E-state index in [-0.39, 0.29) is 17.7 Å². The Morgan fingerprint density at radius 3 is 2.69 bits per heavy atom. The third-order valence-corrected chi connectivity index (χ3v) is 3.05. The van der Waals surface area contributed by atoms with Crippen molar-refractivity contribution in [2.45, 2.75) is 71.1 Å². The SMILES string of the molecule is CCC(O)C1CCCCN1C=NC(C)(C)C. The van der Waals surface area contributed by atoms with Crippen molar-refractivity contribution in [3.05, 3.63) is 0 Å². The summed E-state index contributed by atoms with van der Waals surface area (Å²) in [5.41, 5.74) is -0.0286. The summed E-state index contributed by atoms with van der Waals surface area (Å²) in [6, 6.07) is 0.268. The van der Waals surface area contributed by atoms with Gasteiger partial charge in [0, 0.05) is 6.54 Å². The molecular formula is C13H26N2O. The molecule has 3 nitrogen and oxygen atoms in total. The number of hydrogen-bond acceptors (Lipinski definition) is 2. The van der Waals surface area contributed by atoms with E-state index >= 15 is 0 Å². The first kappa shape index (κ1) is 13.5. The zero-order chi connectivity index (χ0) is 12.2. The van der Waals surface area contributed by atoms with Crippen molar-refractivity contribution in [1.82, 2.24) is 4.90 Å². The topological polar surface area (TPSA) is 35.8 Å². The molecule has 2 atom stereocenters. The Labute approximate surface area is 99.6 Å². The van der Waals surface area contributed by atoms with Crippen LogP contribution < -0.4 is 0 Å². The van der Waals surface area contributed by atoms with Crippen LogP contribution in [0.4, 0.5) is 0 Å². The fourth-order valence-corrected chi connectivity index (χ4v) is 2.06. The number of hydrogen-bond donors (Lipinski definition) is 1. The number of aliphatic imine (C=N–C) groups is 1. The van der Waals surface area contributed by atoms with E-state index in [1.807, 2.05) is 13.3 Å². The van der Waals surface area contributed by atoms with Crippen molar-refractivity contribution < 1.29 is 5.11 Å². The highest BCUT2D eigenvalue weighted by molar-refractivity contribution is 5.56. The van der Waals surface area contributed by atoms with Gasteiger partial charge in [0.15, 0.2) is 0 Å². The Bertz CT molecular complexity index is 233. The van der Waals surface area contributed by atoms with Crippen LogP contribution >= 0.6 is 0 Å². The van der Waals surface area contributed by atoms with E-state index < -0.39 is 0 Å². The number of aliphatic hydroxyl groups excluding tert-OH is 1. The molecule has 3 heteroatoms. The van der Waals surface area contributed by atoms with E-state index in [9.17, 15) is 5.11 Å². The molecule has 0 bridgehead atoms. The van der Waals surface area contributed by atoms with Gasteiger partial charge in [0.1, 0.15) is 0 Å². The van der Waals surface area contributed by atoms with Crippen LogP contribution in [0.2, 0.25) is 0 Å². The van der Waals surface area contributed by atoms with Crippen LogP contribution in [0.1, 0.15) is 53.4 Å². The Kier molecular flexibility index (Phi) is 4.78. The molecule has 1 aliphatic heterocycles. The predicted octanol–water partition coefficient (Wildman–Crippen LogP) is 2.44. The first-order valence-corrected chi connectivity index (χ1v) is 6.43. The van der Waals surface area contributed by atoms with Gasteiger partial charge in [0.25, 0.3) is 0 Å². The molecule has 0 aromatic heterocycles. The smallest absolute Gasteiger partial charge is 0.0859 e. The number of likely N-dealkylation sites (tertiary alicyclic amines) is 1. The molecule has 0 radical (unpaired) electrons. The molecule has 0 spiro atoms. The van der Waals surface area contributed by atoms with Gasteiger partial charge in [-0.1, -0.05) is 6.92 Å². The number of nitrogens with zero attached hydrogens (tertiary/aromatic N) is 2. The zero-order valence-corrected chi connectivity index (χ0v) is 11.1. The zero-order valence-electron chi connectivity index (χ0n) is 11.1. The molecule has 1 saturated heterocycles. The van der Waals surface area contributed by atoms with Gasteiger partial charge < -0.3 is 10.0 Å². The van der Waals surface area contributed by atoms with E-state index in [2.05, 4.69) is 30.7 Å². The van der Waals surface area contributed by atoms with Crippen LogP contribution in [-0.4, -0.2) is 40.6 Å². The molecule has 0 aromatic carbocycles. The average Bonchev–Trinajstić information content (AvgIpc) is 2.25. The Morgan fingerprint density at radius 1 is 1.44 bits per heavy atom. The summed E-state index contributed by atoms with van der Waals surface area (Å²) < 4.78 is 0. The summed E-state index contributed by atoms with van der Waals surface area (Å²) in [5, 5.41) is 9.98. The van der Waals surface area contributed by atoms with E-state index in [0.717, 1.165) is 19.4 Å². The van der Waals surface area contributed by atoms with Crippen molar-refractivity contribution in [2.24, 2.45) is 4.99 Å². The average molecular weight is 226 g/mol. The second-order valence-corrected chi connectivity index (χ2v) is 5.69. The first-order chi connectivity index (χ1) is 7.44. The van der Waals surface area contributed by atoms with Gasteiger partial charge in [-0.3, -0.25) is 4.99 Å². The van der Waals surface area contributed by atoms with Crippen LogP contribution in [-0.2, 0) is 0 Å². The molecule has 0 amide bonds. The van der Waals surface area contributed by atoms with Crippen LogP contribution in [0.25, 0.3) is 0 Å². The quantitative estimate of drug-likeness (QED) is 0.592. The lowest BCUT2D eigenvalue weighted by Crippen LogP contribution is -2.46. The monoisotopic (exact) mass is 226 g/mol. The largest absolute Gasteiger partial charge is 0.391 e. The summed E-state index contributed by atoms with van der Waals surface area (Å²) >= 11 is 0. The molecule has 16 heavy (non-hydrogen) atoms. The second kappa shape index (κ2) is 5.67. The van der Waals surface area contributed by atoms with Crippen molar-refractivity contribution in [3.63, 3.8) is 0 Å². The van der Waals surface area contributed by atoms with Crippen molar-refractivity contribution >= 4 is 6.34 Å².